The molecule has 0 bridgehead atoms. The molecule has 1 saturated heterocycles. The van der Waals surface area contributed by atoms with Gasteiger partial charge in [0.25, 0.3) is 0 Å². The Labute approximate surface area is 329 Å². The van der Waals surface area contributed by atoms with Crippen LogP contribution >= 0.6 is 0 Å². The molecule has 53 heavy (non-hydrogen) atoms. The molecule has 2 unspecified atom stereocenters. The van der Waals surface area contributed by atoms with E-state index < -0.39 is 0 Å². The van der Waals surface area contributed by atoms with Crippen LogP contribution in [0.4, 0.5) is 4.79 Å². The second-order valence-corrected chi connectivity index (χ2v) is 16.4. The number of likely N-dealkylation sites (tertiary alicyclic amines) is 1. The second kappa shape index (κ2) is 36.1. The van der Waals surface area contributed by atoms with Crippen molar-refractivity contribution in [2.24, 2.45) is 0 Å². The van der Waals surface area contributed by atoms with E-state index in [-0.39, 0.29) is 18.3 Å². The zero-order chi connectivity index (χ0) is 37.7. The van der Waals surface area contributed by atoms with Crippen LogP contribution in [0.1, 0.15) is 225 Å². The van der Waals surface area contributed by atoms with Gasteiger partial charge in [0.05, 0.1) is 13.1 Å². The molecule has 1 aliphatic rings. The van der Waals surface area contributed by atoms with Crippen LogP contribution in [0, 0.1) is 0 Å². The van der Waals surface area contributed by atoms with Gasteiger partial charge >= 0.3 is 6.09 Å². The number of nitrogens with zero attached hydrogens (tertiary/aromatic N) is 1. The van der Waals surface area contributed by atoms with E-state index in [1.54, 1.807) is 4.90 Å². The van der Waals surface area contributed by atoms with Crippen molar-refractivity contribution < 1.29 is 19.0 Å². The number of ether oxygens (including phenoxy) is 3. The minimum atomic E-state index is -0.265. The average Bonchev–Trinajstić information content (AvgIpc) is 3.59. The van der Waals surface area contributed by atoms with Gasteiger partial charge in [0, 0.05) is 13.2 Å². The number of carbonyl (C=O) groups excluding carboxylic acids is 1. The molecular formula is C48H87NO4. The number of unbranched alkanes of at least 4 members (excludes halogenated alkanes) is 30. The first-order valence-electron chi connectivity index (χ1n) is 23.4. The standard InChI is InChI=1S/C48H87NO4/c1-3-5-7-9-11-13-15-17-19-21-23-25-27-29-31-36-40-51-46-42-49(48(50)53-44-45-38-34-33-35-39-45)43-47(46)52-41-37-32-30-28-26-24-22-20-18-16-14-12-10-8-6-4-2/h33-35,38-39,46-47H,3-32,36-37,40-44H2,1-2H3. The van der Waals surface area contributed by atoms with E-state index in [2.05, 4.69) is 13.8 Å². The van der Waals surface area contributed by atoms with Crippen LogP contribution in [0.5, 0.6) is 0 Å². The molecule has 0 radical (unpaired) electrons. The van der Waals surface area contributed by atoms with Crippen molar-refractivity contribution in [2.75, 3.05) is 26.3 Å². The molecule has 0 saturated carbocycles. The monoisotopic (exact) mass is 742 g/mol. The Morgan fingerprint density at radius 3 is 1.09 bits per heavy atom. The van der Waals surface area contributed by atoms with Crippen molar-refractivity contribution in [3.63, 3.8) is 0 Å². The zero-order valence-corrected chi connectivity index (χ0v) is 35.3. The summed E-state index contributed by atoms with van der Waals surface area (Å²) in [6, 6.07) is 9.92. The third kappa shape index (κ3) is 27.6. The number of amides is 1. The van der Waals surface area contributed by atoms with Crippen molar-refractivity contribution in [1.82, 2.24) is 4.90 Å². The summed E-state index contributed by atoms with van der Waals surface area (Å²) in [6.45, 7) is 7.48. The molecule has 1 aromatic carbocycles. The minimum Gasteiger partial charge on any atom is -0.445 e. The highest BCUT2D eigenvalue weighted by molar-refractivity contribution is 5.68. The molecule has 1 amide bonds. The summed E-state index contributed by atoms with van der Waals surface area (Å²) in [5, 5.41) is 0. The van der Waals surface area contributed by atoms with Crippen molar-refractivity contribution in [3.8, 4) is 0 Å². The SMILES string of the molecule is CCCCCCCCCCCCCCCCCCOC1CN(C(=O)OCc2ccccc2)CC1OCCCCCCCCCCCCCCCCCC. The van der Waals surface area contributed by atoms with E-state index in [1.807, 2.05) is 30.3 Å². The largest absolute Gasteiger partial charge is 0.445 e. The second-order valence-electron chi connectivity index (χ2n) is 16.4. The highest BCUT2D eigenvalue weighted by Crippen LogP contribution is 2.21. The molecule has 0 N–H and O–H groups in total. The van der Waals surface area contributed by atoms with E-state index >= 15 is 0 Å². The van der Waals surface area contributed by atoms with Crippen molar-refractivity contribution in [2.45, 2.75) is 238 Å². The van der Waals surface area contributed by atoms with Gasteiger partial charge in [-0.15, -0.1) is 0 Å². The molecule has 5 nitrogen and oxygen atoms in total. The maximum atomic E-state index is 13.0. The highest BCUT2D eigenvalue weighted by Gasteiger charge is 2.37. The smallest absolute Gasteiger partial charge is 0.410 e. The molecule has 2 atom stereocenters. The number of hydrogen-bond acceptors (Lipinski definition) is 4. The zero-order valence-electron chi connectivity index (χ0n) is 35.3. The lowest BCUT2D eigenvalue weighted by Gasteiger charge is -2.19. The summed E-state index contributed by atoms with van der Waals surface area (Å²) < 4.78 is 18.4. The Balaban J connectivity index is 1.52. The molecule has 0 aliphatic carbocycles. The average molecular weight is 742 g/mol. The van der Waals surface area contributed by atoms with Crippen LogP contribution in [0.3, 0.4) is 0 Å². The maximum Gasteiger partial charge on any atom is 0.410 e. The van der Waals surface area contributed by atoms with Crippen LogP contribution in [0.25, 0.3) is 0 Å². The Hall–Kier alpha value is -1.59. The molecule has 1 aliphatic heterocycles. The first-order chi connectivity index (χ1) is 26.2. The van der Waals surface area contributed by atoms with Crippen molar-refractivity contribution in [1.29, 1.82) is 0 Å². The van der Waals surface area contributed by atoms with Crippen molar-refractivity contribution >= 4 is 6.09 Å². The summed E-state index contributed by atoms with van der Waals surface area (Å²) in [5.41, 5.74) is 1.01. The normalized spacial score (nSPS) is 15.8. The van der Waals surface area contributed by atoms with Crippen LogP contribution in [-0.4, -0.2) is 49.5 Å². The molecule has 1 fully saturated rings. The quantitative estimate of drug-likeness (QED) is 0.0633. The van der Waals surface area contributed by atoms with Gasteiger partial charge < -0.3 is 19.1 Å². The predicted octanol–water partition coefficient (Wildman–Crippen LogP) is 14.9. The fraction of sp³-hybridized carbons (Fsp3) is 0.854. The van der Waals surface area contributed by atoms with E-state index in [1.165, 1.54) is 193 Å². The van der Waals surface area contributed by atoms with Crippen LogP contribution in [-0.2, 0) is 20.8 Å². The molecule has 1 heterocycles. The van der Waals surface area contributed by atoms with Gasteiger partial charge in [0.15, 0.2) is 0 Å². The number of hydrogen-bond donors (Lipinski definition) is 0. The third-order valence-corrected chi connectivity index (χ3v) is 11.3. The van der Waals surface area contributed by atoms with E-state index in [0.717, 1.165) is 31.6 Å². The summed E-state index contributed by atoms with van der Waals surface area (Å²) >= 11 is 0. The predicted molar refractivity (Wildman–Crippen MR) is 227 cm³/mol. The Morgan fingerprint density at radius 2 is 0.774 bits per heavy atom. The Kier molecular flexibility index (Phi) is 32.4. The lowest BCUT2D eigenvalue weighted by atomic mass is 10.0. The molecule has 5 heteroatoms. The third-order valence-electron chi connectivity index (χ3n) is 11.3. The van der Waals surface area contributed by atoms with E-state index in [0.29, 0.717) is 19.7 Å². The highest BCUT2D eigenvalue weighted by atomic mass is 16.6. The first kappa shape index (κ1) is 47.6. The Morgan fingerprint density at radius 1 is 0.472 bits per heavy atom. The first-order valence-corrected chi connectivity index (χ1v) is 23.4. The summed E-state index contributed by atoms with van der Waals surface area (Å²) in [5.74, 6) is 0. The summed E-state index contributed by atoms with van der Waals surface area (Å²) in [4.78, 5) is 14.8. The maximum absolute atomic E-state index is 13.0. The molecule has 0 spiro atoms. The van der Waals surface area contributed by atoms with Crippen LogP contribution in [0.15, 0.2) is 30.3 Å². The van der Waals surface area contributed by atoms with Gasteiger partial charge in [0.2, 0.25) is 0 Å². The molecule has 0 aromatic heterocycles. The number of carbonyl (C=O) groups is 1. The molecule has 308 valence electrons. The topological polar surface area (TPSA) is 48.0 Å². The summed E-state index contributed by atoms with van der Waals surface area (Å²) in [6.07, 6.45) is 43.4. The van der Waals surface area contributed by atoms with E-state index in [9.17, 15) is 4.79 Å². The van der Waals surface area contributed by atoms with Crippen molar-refractivity contribution in [3.05, 3.63) is 35.9 Å². The van der Waals surface area contributed by atoms with Gasteiger partial charge in [-0.2, -0.15) is 0 Å². The van der Waals surface area contributed by atoms with Gasteiger partial charge in [-0.3, -0.25) is 0 Å². The van der Waals surface area contributed by atoms with Gasteiger partial charge in [-0.1, -0.05) is 237 Å². The minimum absolute atomic E-state index is 0.0725. The van der Waals surface area contributed by atoms with Gasteiger partial charge in [-0.05, 0) is 18.4 Å². The van der Waals surface area contributed by atoms with Crippen LogP contribution < -0.4 is 0 Å². The van der Waals surface area contributed by atoms with Gasteiger partial charge in [0.1, 0.15) is 18.8 Å². The summed E-state index contributed by atoms with van der Waals surface area (Å²) in [7, 11) is 0. The van der Waals surface area contributed by atoms with Crippen LogP contribution in [0.2, 0.25) is 0 Å². The number of rotatable bonds is 38. The Bertz CT molecular complexity index is 864. The molecular weight excluding hydrogens is 655 g/mol. The number of benzene rings is 1. The molecule has 2 rings (SSSR count). The molecule has 1 aromatic rings. The lowest BCUT2D eigenvalue weighted by Crippen LogP contribution is -2.30. The fourth-order valence-corrected chi connectivity index (χ4v) is 7.79. The van der Waals surface area contributed by atoms with Gasteiger partial charge in [-0.25, -0.2) is 4.79 Å². The fourth-order valence-electron chi connectivity index (χ4n) is 7.79. The van der Waals surface area contributed by atoms with E-state index in [4.69, 9.17) is 14.2 Å². The lowest BCUT2D eigenvalue weighted by molar-refractivity contribution is -0.0481.